The highest BCUT2D eigenvalue weighted by Gasteiger charge is 2.14. The molecule has 2 aromatic carbocycles. The molecule has 94 valence electrons. The van der Waals surface area contributed by atoms with Gasteiger partial charge in [-0.25, -0.2) is 4.39 Å². The highest BCUT2D eigenvalue weighted by atomic mass is 127. The van der Waals surface area contributed by atoms with Crippen LogP contribution in [0.3, 0.4) is 0 Å². The lowest BCUT2D eigenvalue weighted by molar-refractivity contribution is 0.626. The molecule has 0 aliphatic carbocycles. The first-order valence-corrected chi connectivity index (χ1v) is 7.64. The molecule has 18 heavy (non-hydrogen) atoms. The van der Waals surface area contributed by atoms with Crippen molar-refractivity contribution in [3.05, 3.63) is 68.0 Å². The van der Waals surface area contributed by atoms with Gasteiger partial charge in [0.15, 0.2) is 0 Å². The van der Waals surface area contributed by atoms with Crippen molar-refractivity contribution in [2.75, 3.05) is 0 Å². The minimum atomic E-state index is -0.192. The third-order valence-corrected chi connectivity index (χ3v) is 5.02. The summed E-state index contributed by atoms with van der Waals surface area (Å²) in [6.07, 6.45) is 0. The normalized spacial score (nSPS) is 12.5. The fourth-order valence-electron chi connectivity index (χ4n) is 1.81. The maximum Gasteiger partial charge on any atom is 0.124 e. The summed E-state index contributed by atoms with van der Waals surface area (Å²) in [4.78, 5) is 0.101. The third-order valence-electron chi connectivity index (χ3n) is 3.06. The summed E-state index contributed by atoms with van der Waals surface area (Å²) in [6, 6.07) is 11.3. The van der Waals surface area contributed by atoms with Gasteiger partial charge in [0.2, 0.25) is 0 Å². The first kappa shape index (κ1) is 14.0. The first-order chi connectivity index (χ1) is 8.49. The zero-order chi connectivity index (χ0) is 13.3. The van der Waals surface area contributed by atoms with E-state index in [1.165, 1.54) is 22.8 Å². The Morgan fingerprint density at radius 1 is 1.06 bits per heavy atom. The zero-order valence-corrected chi connectivity index (χ0v) is 13.9. The van der Waals surface area contributed by atoms with E-state index in [9.17, 15) is 4.39 Å². The summed E-state index contributed by atoms with van der Waals surface area (Å²) in [6.45, 7) is 4.21. The van der Waals surface area contributed by atoms with Gasteiger partial charge < -0.3 is 0 Å². The van der Waals surface area contributed by atoms with Gasteiger partial charge in [-0.3, -0.25) is 0 Å². The topological polar surface area (TPSA) is 0 Å². The van der Waals surface area contributed by atoms with Crippen molar-refractivity contribution in [3.63, 3.8) is 0 Å². The molecule has 0 spiro atoms. The number of hydrogen-bond acceptors (Lipinski definition) is 0. The van der Waals surface area contributed by atoms with E-state index in [2.05, 4.69) is 70.6 Å². The molecule has 2 aromatic rings. The van der Waals surface area contributed by atoms with E-state index in [-0.39, 0.29) is 10.6 Å². The van der Waals surface area contributed by atoms with Crippen molar-refractivity contribution in [1.82, 2.24) is 0 Å². The van der Waals surface area contributed by atoms with Gasteiger partial charge in [-0.05, 0) is 70.8 Å². The number of aryl methyl sites for hydroxylation is 2. The Morgan fingerprint density at radius 3 is 2.39 bits per heavy atom. The molecule has 0 aliphatic rings. The third kappa shape index (κ3) is 2.94. The molecule has 0 radical (unpaired) electrons. The molecule has 0 nitrogen and oxygen atoms in total. The zero-order valence-electron chi connectivity index (χ0n) is 10.2. The molecule has 0 fully saturated rings. The van der Waals surface area contributed by atoms with E-state index in [4.69, 9.17) is 0 Å². The Morgan fingerprint density at radius 2 is 1.78 bits per heavy atom. The first-order valence-electron chi connectivity index (χ1n) is 5.65. The quantitative estimate of drug-likeness (QED) is 0.444. The minimum absolute atomic E-state index is 0.101. The molecule has 0 saturated heterocycles. The van der Waals surface area contributed by atoms with Crippen LogP contribution in [-0.2, 0) is 0 Å². The lowest BCUT2D eigenvalue weighted by Gasteiger charge is -2.14. The Kier molecular flexibility index (Phi) is 4.43. The van der Waals surface area contributed by atoms with Gasteiger partial charge in [0, 0.05) is 3.57 Å². The van der Waals surface area contributed by atoms with E-state index >= 15 is 0 Å². The molecule has 0 N–H and O–H groups in total. The molecule has 0 amide bonds. The van der Waals surface area contributed by atoms with Gasteiger partial charge in [0.05, 0.1) is 4.83 Å². The standard InChI is InChI=1S/C15H13BrFI/c1-9-3-4-11(7-10(9)2)15(16)13-6-5-12(17)8-14(13)18/h3-8,15H,1-2H3. The van der Waals surface area contributed by atoms with Gasteiger partial charge in [0.1, 0.15) is 5.82 Å². The van der Waals surface area contributed by atoms with Crippen LogP contribution in [0.15, 0.2) is 36.4 Å². The summed E-state index contributed by atoms with van der Waals surface area (Å²) in [5, 5.41) is 0. The Balaban J connectivity index is 2.41. The van der Waals surface area contributed by atoms with Crippen LogP contribution < -0.4 is 0 Å². The van der Waals surface area contributed by atoms with Crippen LogP contribution in [0.25, 0.3) is 0 Å². The largest absolute Gasteiger partial charge is 0.207 e. The smallest absolute Gasteiger partial charge is 0.124 e. The van der Waals surface area contributed by atoms with E-state index in [1.807, 2.05) is 6.07 Å². The van der Waals surface area contributed by atoms with E-state index < -0.39 is 0 Å². The maximum absolute atomic E-state index is 13.1. The van der Waals surface area contributed by atoms with Gasteiger partial charge >= 0.3 is 0 Å². The highest BCUT2D eigenvalue weighted by molar-refractivity contribution is 14.1. The summed E-state index contributed by atoms with van der Waals surface area (Å²) >= 11 is 5.87. The van der Waals surface area contributed by atoms with Crippen molar-refractivity contribution >= 4 is 38.5 Å². The minimum Gasteiger partial charge on any atom is -0.207 e. The second-order valence-electron chi connectivity index (χ2n) is 4.37. The summed E-state index contributed by atoms with van der Waals surface area (Å²) in [5.41, 5.74) is 4.85. The SMILES string of the molecule is Cc1ccc(C(Br)c2ccc(F)cc2I)cc1C. The molecule has 1 unspecified atom stereocenters. The van der Waals surface area contributed by atoms with Crippen LogP contribution in [-0.4, -0.2) is 0 Å². The van der Waals surface area contributed by atoms with Crippen LogP contribution in [0.2, 0.25) is 0 Å². The molecular weight excluding hydrogens is 406 g/mol. The van der Waals surface area contributed by atoms with Crippen molar-refractivity contribution in [3.8, 4) is 0 Å². The molecule has 3 heteroatoms. The lowest BCUT2D eigenvalue weighted by Crippen LogP contribution is -1.97. The molecule has 2 rings (SSSR count). The van der Waals surface area contributed by atoms with Crippen molar-refractivity contribution in [2.24, 2.45) is 0 Å². The molecular formula is C15H13BrFI. The Labute approximate surface area is 129 Å². The van der Waals surface area contributed by atoms with Crippen LogP contribution >= 0.6 is 38.5 Å². The number of benzene rings is 2. The van der Waals surface area contributed by atoms with E-state index in [0.29, 0.717) is 0 Å². The highest BCUT2D eigenvalue weighted by Crippen LogP contribution is 2.34. The van der Waals surface area contributed by atoms with Crippen molar-refractivity contribution in [1.29, 1.82) is 0 Å². The van der Waals surface area contributed by atoms with Crippen LogP contribution in [0.1, 0.15) is 27.1 Å². The van der Waals surface area contributed by atoms with Gasteiger partial charge in [0.25, 0.3) is 0 Å². The number of halogens is 3. The van der Waals surface area contributed by atoms with Gasteiger partial charge in [-0.2, -0.15) is 0 Å². The molecule has 1 atom stereocenters. The maximum atomic E-state index is 13.1. The summed E-state index contributed by atoms with van der Waals surface area (Å²) in [5.74, 6) is -0.192. The van der Waals surface area contributed by atoms with Gasteiger partial charge in [-0.15, -0.1) is 0 Å². The molecule has 0 bridgehead atoms. The summed E-state index contributed by atoms with van der Waals surface area (Å²) < 4.78 is 14.0. The number of rotatable bonds is 2. The predicted molar refractivity (Wildman–Crippen MR) is 85.8 cm³/mol. The van der Waals surface area contributed by atoms with E-state index in [1.54, 1.807) is 6.07 Å². The molecule has 0 aromatic heterocycles. The molecule has 0 saturated carbocycles. The summed E-state index contributed by atoms with van der Waals surface area (Å²) in [7, 11) is 0. The Bertz CT molecular complexity index is 581. The molecule has 0 aliphatic heterocycles. The van der Waals surface area contributed by atoms with Gasteiger partial charge in [-0.1, -0.05) is 40.2 Å². The second kappa shape index (κ2) is 5.70. The number of hydrogen-bond donors (Lipinski definition) is 0. The monoisotopic (exact) mass is 418 g/mol. The average Bonchev–Trinajstić information content (AvgIpc) is 2.32. The lowest BCUT2D eigenvalue weighted by atomic mass is 10.0. The second-order valence-corrected chi connectivity index (χ2v) is 6.45. The average molecular weight is 419 g/mol. The van der Waals surface area contributed by atoms with Crippen molar-refractivity contribution < 1.29 is 4.39 Å². The van der Waals surface area contributed by atoms with Crippen LogP contribution in [0.5, 0.6) is 0 Å². The predicted octanol–water partition coefficient (Wildman–Crippen LogP) is 5.53. The number of alkyl halides is 1. The molecule has 0 heterocycles. The fourth-order valence-corrected chi connectivity index (χ4v) is 3.71. The Hall–Kier alpha value is -0.420. The van der Waals surface area contributed by atoms with Crippen LogP contribution in [0.4, 0.5) is 4.39 Å². The van der Waals surface area contributed by atoms with Crippen LogP contribution in [0, 0.1) is 23.2 Å². The van der Waals surface area contributed by atoms with Crippen molar-refractivity contribution in [2.45, 2.75) is 18.7 Å². The van der Waals surface area contributed by atoms with E-state index in [0.717, 1.165) is 9.13 Å². The fraction of sp³-hybridized carbons (Fsp3) is 0.200.